The summed E-state index contributed by atoms with van der Waals surface area (Å²) in [7, 11) is 0. The first-order chi connectivity index (χ1) is 9.29. The fourth-order valence-corrected chi connectivity index (χ4v) is 1.47. The Labute approximate surface area is 118 Å². The minimum atomic E-state index is -1.01. The molecular weight excluding hydrogens is 290 g/mol. The van der Waals surface area contributed by atoms with Crippen molar-refractivity contribution in [3.8, 4) is 0 Å². The van der Waals surface area contributed by atoms with Gasteiger partial charge in [0.25, 0.3) is 0 Å². The number of amides is 1. The molecule has 9 heteroatoms. The van der Waals surface area contributed by atoms with E-state index in [0.29, 0.717) is 0 Å². The van der Waals surface area contributed by atoms with Crippen LogP contribution in [0.25, 0.3) is 0 Å². The Bertz CT molecular complexity index is 574. The van der Waals surface area contributed by atoms with Gasteiger partial charge in [-0.05, 0) is 19.1 Å². The zero-order chi connectivity index (χ0) is 15.3. The van der Waals surface area contributed by atoms with Crippen molar-refractivity contribution in [3.05, 3.63) is 22.1 Å². The molecule has 0 spiro atoms. The van der Waals surface area contributed by atoms with Gasteiger partial charge in [-0.3, -0.25) is 9.59 Å². The molecule has 0 unspecified atom stereocenters. The van der Waals surface area contributed by atoms with Crippen molar-refractivity contribution >= 4 is 29.1 Å². The van der Waals surface area contributed by atoms with Crippen molar-refractivity contribution in [2.45, 2.75) is 32.9 Å². The second-order valence-corrected chi connectivity index (χ2v) is 4.31. The van der Waals surface area contributed by atoms with E-state index in [9.17, 15) is 19.5 Å². The predicted molar refractivity (Wildman–Crippen MR) is 69.2 cm³/mol. The van der Waals surface area contributed by atoms with Crippen LogP contribution in [0.4, 0.5) is 0 Å². The summed E-state index contributed by atoms with van der Waals surface area (Å²) >= 11 is 4.51. The number of thiocarbonyl (C=S) groups is 1. The van der Waals surface area contributed by atoms with E-state index in [4.69, 9.17) is 4.74 Å². The first-order valence-corrected chi connectivity index (χ1v) is 5.95. The Morgan fingerprint density at radius 1 is 1.45 bits per heavy atom. The first kappa shape index (κ1) is 15.9. The topological polar surface area (TPSA) is 119 Å². The summed E-state index contributed by atoms with van der Waals surface area (Å²) in [5.41, 5.74) is 0. The van der Waals surface area contributed by atoms with Crippen LogP contribution in [0.15, 0.2) is 13.6 Å². The molecule has 0 aliphatic heterocycles. The summed E-state index contributed by atoms with van der Waals surface area (Å²) in [6, 6.07) is -1.01. The van der Waals surface area contributed by atoms with Gasteiger partial charge in [0.15, 0.2) is 23.2 Å². The van der Waals surface area contributed by atoms with Crippen LogP contribution in [0, 0.1) is 6.92 Å². The molecule has 20 heavy (non-hydrogen) atoms. The van der Waals surface area contributed by atoms with Gasteiger partial charge in [0, 0.05) is 6.92 Å². The van der Waals surface area contributed by atoms with Gasteiger partial charge >= 0.3 is 11.8 Å². The van der Waals surface area contributed by atoms with Gasteiger partial charge in [-0.25, -0.2) is 4.79 Å². The third-order valence-corrected chi connectivity index (χ3v) is 2.53. The van der Waals surface area contributed by atoms with Crippen molar-refractivity contribution in [3.63, 3.8) is 0 Å². The number of hydrogen-bond donors (Lipinski definition) is 2. The summed E-state index contributed by atoms with van der Waals surface area (Å²) in [5, 5.41) is 11.0. The summed E-state index contributed by atoms with van der Waals surface area (Å²) in [6.07, 6.45) is -0.337. The molecule has 0 radical (unpaired) electrons. The number of aryl methyl sites for hydroxylation is 1. The van der Waals surface area contributed by atoms with Gasteiger partial charge in [0.1, 0.15) is 6.04 Å². The van der Waals surface area contributed by atoms with E-state index >= 15 is 0 Å². The summed E-state index contributed by atoms with van der Waals surface area (Å²) in [5.74, 6) is -1.77. The lowest BCUT2D eigenvalue weighted by atomic mass is 10.2. The largest absolute Gasteiger partial charge is 0.519 e. The predicted octanol–water partition coefficient (Wildman–Crippen LogP) is 0.365. The molecule has 8 nitrogen and oxygen atoms in total. The van der Waals surface area contributed by atoms with E-state index in [2.05, 4.69) is 26.4 Å². The molecule has 0 saturated heterocycles. The molecular formula is C11H13NO7S. The van der Waals surface area contributed by atoms with Crippen LogP contribution in [0.1, 0.15) is 24.9 Å². The van der Waals surface area contributed by atoms with E-state index in [1.54, 1.807) is 0 Å². The molecule has 1 amide bonds. The monoisotopic (exact) mass is 303 g/mol. The molecule has 110 valence electrons. The van der Waals surface area contributed by atoms with Gasteiger partial charge in [-0.2, -0.15) is 0 Å². The number of hydrogen-bond acceptors (Lipinski definition) is 7. The Morgan fingerprint density at radius 3 is 2.55 bits per heavy atom. The van der Waals surface area contributed by atoms with Crippen molar-refractivity contribution in [2.75, 3.05) is 0 Å². The molecule has 2 N–H and O–H groups in total. The van der Waals surface area contributed by atoms with E-state index in [1.165, 1.54) is 13.8 Å². The van der Waals surface area contributed by atoms with E-state index in [-0.39, 0.29) is 24.5 Å². The van der Waals surface area contributed by atoms with E-state index in [0.717, 1.165) is 0 Å². The molecule has 1 aromatic heterocycles. The maximum atomic E-state index is 11.5. The molecule has 0 saturated carbocycles. The number of aliphatic hydroxyl groups excluding tert-OH is 1. The van der Waals surface area contributed by atoms with Gasteiger partial charge in [-0.15, -0.1) is 0 Å². The van der Waals surface area contributed by atoms with Crippen molar-refractivity contribution in [1.29, 1.82) is 0 Å². The van der Waals surface area contributed by atoms with Gasteiger partial charge in [-0.1, -0.05) is 0 Å². The highest BCUT2D eigenvalue weighted by atomic mass is 32.1. The Hall–Kier alpha value is -2.16. The van der Waals surface area contributed by atoms with Gasteiger partial charge in [0.2, 0.25) is 5.91 Å². The molecule has 1 rings (SSSR count). The second-order valence-electron chi connectivity index (χ2n) is 3.89. The normalized spacial score (nSPS) is 11.7. The first-order valence-electron chi connectivity index (χ1n) is 5.54. The second kappa shape index (κ2) is 6.85. The number of ether oxygens (including phenoxy) is 1. The van der Waals surface area contributed by atoms with E-state index < -0.39 is 28.8 Å². The zero-order valence-corrected chi connectivity index (χ0v) is 11.6. The highest BCUT2D eigenvalue weighted by molar-refractivity contribution is 7.80. The summed E-state index contributed by atoms with van der Waals surface area (Å²) < 4.78 is 14.1. The van der Waals surface area contributed by atoms with Gasteiger partial charge < -0.3 is 24.0 Å². The standard InChI is InChI=1S/C11H13NO7S/c1-5-8(19-11(16)18-5)4-17-9(14)3-7(10(15)20)12-6(2)13/h7H,3-4H2,1-2H3,(H,12,13)(H,15,20)/t7-/m1/s1. The summed E-state index contributed by atoms with van der Waals surface area (Å²) in [6.45, 7) is 2.42. The van der Waals surface area contributed by atoms with Crippen LogP contribution in [0.5, 0.6) is 0 Å². The number of nitrogens with one attached hydrogen (secondary N) is 1. The SMILES string of the molecule is CC(=O)N[C@H](CC(=O)OCc1oc(=O)oc1C)C(O)=S. The molecule has 1 heterocycles. The molecule has 0 aromatic carbocycles. The lowest BCUT2D eigenvalue weighted by molar-refractivity contribution is -0.145. The van der Waals surface area contributed by atoms with Crippen LogP contribution < -0.4 is 11.1 Å². The zero-order valence-electron chi connectivity index (χ0n) is 10.8. The summed E-state index contributed by atoms with van der Waals surface area (Å²) in [4.78, 5) is 33.2. The molecule has 1 aromatic rings. The minimum Gasteiger partial charge on any atom is -0.500 e. The third-order valence-electron chi connectivity index (χ3n) is 2.25. The fourth-order valence-electron chi connectivity index (χ4n) is 1.32. The molecule has 0 aliphatic carbocycles. The molecule has 0 aliphatic rings. The Balaban J connectivity index is 2.54. The van der Waals surface area contributed by atoms with Gasteiger partial charge in [0.05, 0.1) is 6.42 Å². The van der Waals surface area contributed by atoms with Crippen molar-refractivity contribution in [2.24, 2.45) is 0 Å². The van der Waals surface area contributed by atoms with Crippen LogP contribution in [0.2, 0.25) is 0 Å². The fraction of sp³-hybridized carbons (Fsp3) is 0.455. The average molecular weight is 303 g/mol. The lowest BCUT2D eigenvalue weighted by Gasteiger charge is -2.14. The van der Waals surface area contributed by atoms with Crippen LogP contribution in [-0.4, -0.2) is 28.1 Å². The highest BCUT2D eigenvalue weighted by Crippen LogP contribution is 2.07. The number of rotatable bonds is 6. The average Bonchev–Trinajstić information content (AvgIpc) is 2.63. The van der Waals surface area contributed by atoms with E-state index in [1.807, 2.05) is 0 Å². The maximum absolute atomic E-state index is 11.5. The highest BCUT2D eigenvalue weighted by Gasteiger charge is 2.20. The molecule has 1 atom stereocenters. The third kappa shape index (κ3) is 4.84. The van der Waals surface area contributed by atoms with Crippen LogP contribution >= 0.6 is 12.2 Å². The lowest BCUT2D eigenvalue weighted by Crippen LogP contribution is -2.40. The Kier molecular flexibility index (Phi) is 5.44. The number of carbonyl (C=O) groups is 2. The minimum absolute atomic E-state index is 0.0889. The smallest absolute Gasteiger partial charge is 0.500 e. The Morgan fingerprint density at radius 2 is 2.10 bits per heavy atom. The maximum Gasteiger partial charge on any atom is 0.519 e. The number of aliphatic hydroxyl groups is 1. The molecule has 0 fully saturated rings. The quantitative estimate of drug-likeness (QED) is 0.571. The number of esters is 1. The number of carbonyl (C=O) groups excluding carboxylic acids is 2. The molecule has 0 bridgehead atoms. The van der Waals surface area contributed by atoms with Crippen molar-refractivity contribution < 1.29 is 28.3 Å². The van der Waals surface area contributed by atoms with Crippen LogP contribution in [-0.2, 0) is 20.9 Å². The van der Waals surface area contributed by atoms with Crippen LogP contribution in [0.3, 0.4) is 0 Å². The van der Waals surface area contributed by atoms with Crippen molar-refractivity contribution in [1.82, 2.24) is 5.32 Å².